The molecular weight excluding hydrogens is 390 g/mol. The van der Waals surface area contributed by atoms with Crippen LogP contribution in [0.15, 0.2) is 48.5 Å². The summed E-state index contributed by atoms with van der Waals surface area (Å²) in [7, 11) is 2.16. The van der Waals surface area contributed by atoms with Gasteiger partial charge in [0.1, 0.15) is 0 Å². The molecule has 2 aliphatic heterocycles. The van der Waals surface area contributed by atoms with Gasteiger partial charge in [-0.1, -0.05) is 18.2 Å². The van der Waals surface area contributed by atoms with Crippen molar-refractivity contribution >= 4 is 23.3 Å². The van der Waals surface area contributed by atoms with Crippen molar-refractivity contribution in [2.45, 2.75) is 19.8 Å². The Balaban J connectivity index is 1.44. The van der Waals surface area contributed by atoms with Crippen molar-refractivity contribution in [3.63, 3.8) is 0 Å². The summed E-state index contributed by atoms with van der Waals surface area (Å²) in [6.45, 7) is 7.01. The minimum Gasteiger partial charge on any atom is -0.462 e. The van der Waals surface area contributed by atoms with E-state index in [9.17, 15) is 9.59 Å². The highest BCUT2D eigenvalue weighted by molar-refractivity contribution is 5.98. The first-order valence-electron chi connectivity index (χ1n) is 11.2. The Morgan fingerprint density at radius 3 is 2.42 bits per heavy atom. The Kier molecular flexibility index (Phi) is 6.56. The number of anilines is 2. The molecule has 0 unspecified atom stereocenters. The highest BCUT2D eigenvalue weighted by atomic mass is 16.5. The average Bonchev–Trinajstić information content (AvgIpc) is 3.15. The number of piperazine rings is 1. The average molecular weight is 422 g/mol. The molecular formula is C25H31N3O3. The van der Waals surface area contributed by atoms with Crippen LogP contribution in [-0.4, -0.2) is 63.2 Å². The van der Waals surface area contributed by atoms with E-state index in [1.165, 1.54) is 11.3 Å². The molecule has 2 aromatic rings. The van der Waals surface area contributed by atoms with Gasteiger partial charge in [-0.05, 0) is 62.7 Å². The summed E-state index contributed by atoms with van der Waals surface area (Å²) >= 11 is 0. The highest BCUT2D eigenvalue weighted by Crippen LogP contribution is 2.31. The lowest BCUT2D eigenvalue weighted by atomic mass is 9.96. The Morgan fingerprint density at radius 1 is 1.00 bits per heavy atom. The van der Waals surface area contributed by atoms with Crippen LogP contribution in [-0.2, 0) is 16.0 Å². The molecule has 2 heterocycles. The van der Waals surface area contributed by atoms with E-state index in [1.807, 2.05) is 17.0 Å². The summed E-state index contributed by atoms with van der Waals surface area (Å²) in [6.07, 6.45) is 1.61. The second-order valence-corrected chi connectivity index (χ2v) is 8.37. The maximum atomic E-state index is 13.2. The van der Waals surface area contributed by atoms with Crippen molar-refractivity contribution in [3.05, 3.63) is 59.7 Å². The van der Waals surface area contributed by atoms with E-state index in [4.69, 9.17) is 4.74 Å². The van der Waals surface area contributed by atoms with Crippen LogP contribution in [0.25, 0.3) is 0 Å². The van der Waals surface area contributed by atoms with E-state index < -0.39 is 0 Å². The minimum absolute atomic E-state index is 0.0154. The molecule has 0 aromatic heterocycles. The van der Waals surface area contributed by atoms with Gasteiger partial charge in [0.25, 0.3) is 0 Å². The number of amides is 1. The summed E-state index contributed by atoms with van der Waals surface area (Å²) < 4.78 is 5.04. The summed E-state index contributed by atoms with van der Waals surface area (Å²) in [4.78, 5) is 31.7. The Hall–Kier alpha value is -2.86. The van der Waals surface area contributed by atoms with E-state index >= 15 is 0 Å². The first-order chi connectivity index (χ1) is 15.1. The Bertz CT molecular complexity index is 920. The van der Waals surface area contributed by atoms with Crippen LogP contribution in [0.1, 0.15) is 29.3 Å². The molecule has 6 nitrogen and oxygen atoms in total. The molecule has 4 rings (SSSR count). The Morgan fingerprint density at radius 2 is 1.71 bits per heavy atom. The standard InChI is InChI=1S/C25H31N3O3/c1-3-31-25(30)19-8-10-22(11-9-19)28-13-12-21(24(28)29)18-20-6-4-5-7-23(20)27-16-14-26(2)15-17-27/h4-11,21H,3,12-18H2,1-2H3/t21-/m1/s1. The van der Waals surface area contributed by atoms with Gasteiger partial charge < -0.3 is 19.4 Å². The molecule has 0 aliphatic carbocycles. The number of benzene rings is 2. The van der Waals surface area contributed by atoms with Crippen LogP contribution in [0, 0.1) is 5.92 Å². The van der Waals surface area contributed by atoms with Gasteiger partial charge >= 0.3 is 5.97 Å². The fraction of sp³-hybridized carbons (Fsp3) is 0.440. The van der Waals surface area contributed by atoms with Crippen molar-refractivity contribution in [3.8, 4) is 0 Å². The first kappa shape index (κ1) is 21.4. The van der Waals surface area contributed by atoms with Gasteiger partial charge in [-0.3, -0.25) is 4.79 Å². The SMILES string of the molecule is CCOC(=O)c1ccc(N2CC[C@H](Cc3ccccc3N3CCN(C)CC3)C2=O)cc1. The van der Waals surface area contributed by atoms with Crippen molar-refractivity contribution in [1.29, 1.82) is 0 Å². The van der Waals surface area contributed by atoms with Gasteiger partial charge in [0, 0.05) is 50.0 Å². The molecule has 2 saturated heterocycles. The minimum atomic E-state index is -0.333. The number of rotatable bonds is 6. The third-order valence-electron chi connectivity index (χ3n) is 6.31. The van der Waals surface area contributed by atoms with Crippen LogP contribution >= 0.6 is 0 Å². The molecule has 0 N–H and O–H groups in total. The summed E-state index contributed by atoms with van der Waals surface area (Å²) in [5, 5.41) is 0. The quantitative estimate of drug-likeness (QED) is 0.671. The number of esters is 1. The maximum absolute atomic E-state index is 13.2. The van der Waals surface area contributed by atoms with E-state index in [2.05, 4.69) is 41.1 Å². The second-order valence-electron chi connectivity index (χ2n) is 8.37. The smallest absolute Gasteiger partial charge is 0.338 e. The molecule has 2 aromatic carbocycles. The van der Waals surface area contributed by atoms with Gasteiger partial charge in [-0.25, -0.2) is 4.79 Å². The molecule has 0 bridgehead atoms. The van der Waals surface area contributed by atoms with Crippen molar-refractivity contribution in [2.75, 3.05) is 56.2 Å². The molecule has 0 radical (unpaired) electrons. The normalized spacial score (nSPS) is 19.7. The molecule has 2 aliphatic rings. The van der Waals surface area contributed by atoms with Crippen molar-refractivity contribution in [2.24, 2.45) is 5.92 Å². The van der Waals surface area contributed by atoms with Crippen molar-refractivity contribution < 1.29 is 14.3 Å². The summed E-state index contributed by atoms with van der Waals surface area (Å²) in [5.74, 6) is -0.185. The number of nitrogens with zero attached hydrogens (tertiary/aromatic N) is 3. The number of likely N-dealkylation sites (N-methyl/N-ethyl adjacent to an activating group) is 1. The lowest BCUT2D eigenvalue weighted by Crippen LogP contribution is -2.44. The van der Waals surface area contributed by atoms with Gasteiger partial charge in [-0.2, -0.15) is 0 Å². The Labute approximate surface area is 184 Å². The van der Waals surface area contributed by atoms with Crippen LogP contribution in [0.4, 0.5) is 11.4 Å². The fourth-order valence-corrected chi connectivity index (χ4v) is 4.48. The predicted molar refractivity (Wildman–Crippen MR) is 123 cm³/mol. The third-order valence-corrected chi connectivity index (χ3v) is 6.31. The molecule has 31 heavy (non-hydrogen) atoms. The molecule has 1 atom stereocenters. The number of para-hydroxylation sites is 1. The molecule has 0 spiro atoms. The number of hydrogen-bond acceptors (Lipinski definition) is 5. The lowest BCUT2D eigenvalue weighted by Gasteiger charge is -2.35. The first-order valence-corrected chi connectivity index (χ1v) is 11.2. The molecule has 6 heteroatoms. The summed E-state index contributed by atoms with van der Waals surface area (Å²) in [5.41, 5.74) is 3.87. The predicted octanol–water partition coefficient (Wildman–Crippen LogP) is 3.21. The lowest BCUT2D eigenvalue weighted by molar-refractivity contribution is -0.120. The number of carbonyl (C=O) groups excluding carboxylic acids is 2. The zero-order valence-electron chi connectivity index (χ0n) is 18.4. The van der Waals surface area contributed by atoms with E-state index in [0.717, 1.165) is 44.7 Å². The monoisotopic (exact) mass is 421 g/mol. The largest absolute Gasteiger partial charge is 0.462 e. The highest BCUT2D eigenvalue weighted by Gasteiger charge is 2.33. The zero-order chi connectivity index (χ0) is 21.8. The zero-order valence-corrected chi connectivity index (χ0v) is 18.4. The molecule has 1 amide bonds. The van der Waals surface area contributed by atoms with Crippen molar-refractivity contribution in [1.82, 2.24) is 4.90 Å². The second kappa shape index (κ2) is 9.52. The van der Waals surface area contributed by atoms with E-state index in [0.29, 0.717) is 18.7 Å². The van der Waals surface area contributed by atoms with E-state index in [-0.39, 0.29) is 17.8 Å². The van der Waals surface area contributed by atoms with Gasteiger partial charge in [0.05, 0.1) is 12.2 Å². The van der Waals surface area contributed by atoms with Gasteiger partial charge in [-0.15, -0.1) is 0 Å². The fourth-order valence-electron chi connectivity index (χ4n) is 4.48. The topological polar surface area (TPSA) is 53.1 Å². The maximum Gasteiger partial charge on any atom is 0.338 e. The summed E-state index contributed by atoms with van der Waals surface area (Å²) in [6, 6.07) is 15.7. The van der Waals surface area contributed by atoms with E-state index in [1.54, 1.807) is 19.1 Å². The number of carbonyl (C=O) groups is 2. The van der Waals surface area contributed by atoms with Gasteiger partial charge in [0.15, 0.2) is 0 Å². The molecule has 164 valence electrons. The number of hydrogen-bond donors (Lipinski definition) is 0. The van der Waals surface area contributed by atoms with Crippen LogP contribution < -0.4 is 9.80 Å². The molecule has 2 fully saturated rings. The van der Waals surface area contributed by atoms with Gasteiger partial charge in [0.2, 0.25) is 5.91 Å². The van der Waals surface area contributed by atoms with Crippen LogP contribution in [0.5, 0.6) is 0 Å². The van der Waals surface area contributed by atoms with Crippen LogP contribution in [0.2, 0.25) is 0 Å². The molecule has 0 saturated carbocycles. The third kappa shape index (κ3) is 4.74. The number of ether oxygens (including phenoxy) is 1. The van der Waals surface area contributed by atoms with Crippen LogP contribution in [0.3, 0.4) is 0 Å².